The molecular weight excluding hydrogens is 344 g/mol. The number of amides is 1. The summed E-state index contributed by atoms with van der Waals surface area (Å²) in [5.74, 6) is 1.11. The van der Waals surface area contributed by atoms with Crippen LogP contribution < -0.4 is 0 Å². The highest BCUT2D eigenvalue weighted by Crippen LogP contribution is 2.44. The van der Waals surface area contributed by atoms with Gasteiger partial charge in [0, 0.05) is 25.2 Å². The van der Waals surface area contributed by atoms with E-state index in [1.807, 2.05) is 32.6 Å². The van der Waals surface area contributed by atoms with Crippen LogP contribution in [0.5, 0.6) is 0 Å². The molecule has 2 saturated heterocycles. The molecule has 2 aliphatic heterocycles. The largest absolute Gasteiger partial charge is 0.466 e. The van der Waals surface area contributed by atoms with Crippen molar-refractivity contribution in [2.24, 2.45) is 11.8 Å². The van der Waals surface area contributed by atoms with Crippen LogP contribution in [0.3, 0.4) is 0 Å². The van der Waals surface area contributed by atoms with Gasteiger partial charge in [0.15, 0.2) is 0 Å². The third kappa shape index (κ3) is 4.76. The van der Waals surface area contributed by atoms with Gasteiger partial charge in [0.1, 0.15) is 5.60 Å². The summed E-state index contributed by atoms with van der Waals surface area (Å²) in [6.07, 6.45) is 6.15. The summed E-state index contributed by atoms with van der Waals surface area (Å²) in [5, 5.41) is 0. The quantitative estimate of drug-likeness (QED) is 0.684. The number of likely N-dealkylation sites (tertiary alicyclic amines) is 2. The number of carbonyl (C=O) groups excluding carboxylic acids is 2. The second kappa shape index (κ2) is 7.98. The summed E-state index contributed by atoms with van der Waals surface area (Å²) in [7, 11) is 0. The van der Waals surface area contributed by atoms with E-state index >= 15 is 0 Å². The smallest absolute Gasteiger partial charge is 0.410 e. The molecule has 0 N–H and O–H groups in total. The molecule has 2 heterocycles. The summed E-state index contributed by atoms with van der Waals surface area (Å²) in [6.45, 7) is 11.8. The van der Waals surface area contributed by atoms with Crippen LogP contribution in [-0.4, -0.2) is 65.8 Å². The van der Waals surface area contributed by atoms with Crippen molar-refractivity contribution in [3.8, 4) is 0 Å². The number of esters is 1. The highest BCUT2D eigenvalue weighted by atomic mass is 16.6. The van der Waals surface area contributed by atoms with Crippen molar-refractivity contribution in [2.45, 2.75) is 77.4 Å². The van der Waals surface area contributed by atoms with Crippen LogP contribution in [-0.2, 0) is 14.3 Å². The van der Waals surface area contributed by atoms with Gasteiger partial charge in [-0.1, -0.05) is 0 Å². The van der Waals surface area contributed by atoms with Gasteiger partial charge in [0.25, 0.3) is 0 Å². The monoisotopic (exact) mass is 380 g/mol. The summed E-state index contributed by atoms with van der Waals surface area (Å²) in [4.78, 5) is 28.7. The van der Waals surface area contributed by atoms with Crippen molar-refractivity contribution in [3.05, 3.63) is 0 Å². The number of hydrogen-bond donors (Lipinski definition) is 0. The Kier molecular flexibility index (Phi) is 6.04. The van der Waals surface area contributed by atoms with Gasteiger partial charge in [-0.2, -0.15) is 0 Å². The van der Waals surface area contributed by atoms with Crippen LogP contribution >= 0.6 is 0 Å². The van der Waals surface area contributed by atoms with Gasteiger partial charge >= 0.3 is 12.1 Å². The standard InChI is InChI=1S/C21H36N2O4/c1-5-26-18(24)12-21(9-7-10-21)23-11-6-8-16(15-23)17-13-22(14-17)19(25)27-20(2,3)4/h16-17H,5-15H2,1-4H3. The SMILES string of the molecule is CCOC(=O)CC1(N2CCCC(C3CN(C(=O)OC(C)(C)C)C3)C2)CCC1. The fraction of sp³-hybridized carbons (Fsp3) is 0.905. The average molecular weight is 381 g/mol. The van der Waals surface area contributed by atoms with Crippen LogP contribution in [0.15, 0.2) is 0 Å². The van der Waals surface area contributed by atoms with Crippen molar-refractivity contribution in [1.82, 2.24) is 9.80 Å². The minimum atomic E-state index is -0.437. The predicted octanol–water partition coefficient (Wildman–Crippen LogP) is 3.44. The number of carbonyl (C=O) groups is 2. The first-order valence-corrected chi connectivity index (χ1v) is 10.6. The Morgan fingerprint density at radius 2 is 1.78 bits per heavy atom. The number of piperidine rings is 1. The second-order valence-electron chi connectivity index (χ2n) is 9.55. The molecule has 0 radical (unpaired) electrons. The lowest BCUT2D eigenvalue weighted by Gasteiger charge is -2.54. The van der Waals surface area contributed by atoms with E-state index in [0.29, 0.717) is 24.9 Å². The second-order valence-corrected chi connectivity index (χ2v) is 9.55. The van der Waals surface area contributed by atoms with E-state index in [1.165, 1.54) is 19.3 Å². The predicted molar refractivity (Wildman–Crippen MR) is 103 cm³/mol. The number of ether oxygens (including phenoxy) is 2. The van der Waals surface area contributed by atoms with Crippen LogP contribution in [0.4, 0.5) is 4.79 Å². The number of rotatable bonds is 5. The molecule has 1 atom stereocenters. The van der Waals surface area contributed by atoms with E-state index < -0.39 is 5.60 Å². The first kappa shape index (κ1) is 20.4. The summed E-state index contributed by atoms with van der Waals surface area (Å²) in [6, 6.07) is 0. The number of hydrogen-bond acceptors (Lipinski definition) is 5. The average Bonchev–Trinajstić information content (AvgIpc) is 2.48. The van der Waals surface area contributed by atoms with E-state index in [2.05, 4.69) is 4.90 Å². The van der Waals surface area contributed by atoms with Crippen LogP contribution in [0.1, 0.15) is 66.2 Å². The highest BCUT2D eigenvalue weighted by Gasteiger charge is 2.48. The summed E-state index contributed by atoms with van der Waals surface area (Å²) < 4.78 is 10.7. The third-order valence-electron chi connectivity index (χ3n) is 6.42. The van der Waals surface area contributed by atoms with Gasteiger partial charge in [0.2, 0.25) is 0 Å². The Balaban J connectivity index is 1.51. The molecule has 154 valence electrons. The van der Waals surface area contributed by atoms with E-state index in [9.17, 15) is 9.59 Å². The Morgan fingerprint density at radius 1 is 1.07 bits per heavy atom. The highest BCUT2D eigenvalue weighted by molar-refractivity contribution is 5.71. The Labute approximate surface area is 163 Å². The van der Waals surface area contributed by atoms with Gasteiger partial charge in [-0.15, -0.1) is 0 Å². The van der Waals surface area contributed by atoms with Gasteiger partial charge in [-0.3, -0.25) is 9.69 Å². The van der Waals surface area contributed by atoms with Gasteiger partial charge in [-0.05, 0) is 78.2 Å². The van der Waals surface area contributed by atoms with Crippen molar-refractivity contribution in [1.29, 1.82) is 0 Å². The first-order chi connectivity index (χ1) is 12.7. The van der Waals surface area contributed by atoms with Crippen molar-refractivity contribution in [2.75, 3.05) is 32.8 Å². The topological polar surface area (TPSA) is 59.1 Å². The lowest BCUT2D eigenvalue weighted by Crippen LogP contribution is -2.61. The van der Waals surface area contributed by atoms with Crippen LogP contribution in [0.25, 0.3) is 0 Å². The Morgan fingerprint density at radius 3 is 2.33 bits per heavy atom. The minimum Gasteiger partial charge on any atom is -0.466 e. The molecule has 27 heavy (non-hydrogen) atoms. The van der Waals surface area contributed by atoms with Crippen LogP contribution in [0, 0.1) is 11.8 Å². The molecule has 1 aliphatic carbocycles. The first-order valence-electron chi connectivity index (χ1n) is 10.6. The molecule has 3 rings (SSSR count). The van der Waals surface area contributed by atoms with E-state index in [0.717, 1.165) is 39.0 Å². The fourth-order valence-electron chi connectivity index (χ4n) is 4.78. The molecule has 0 aromatic carbocycles. The fourth-order valence-corrected chi connectivity index (χ4v) is 4.78. The lowest BCUT2D eigenvalue weighted by molar-refractivity contribution is -0.150. The molecule has 0 aromatic rings. The molecule has 1 unspecified atom stereocenters. The molecule has 6 nitrogen and oxygen atoms in total. The zero-order valence-corrected chi connectivity index (χ0v) is 17.5. The Hall–Kier alpha value is -1.30. The van der Waals surface area contributed by atoms with Crippen LogP contribution in [0.2, 0.25) is 0 Å². The zero-order chi connectivity index (χ0) is 19.7. The maximum atomic E-state index is 12.2. The molecule has 6 heteroatoms. The third-order valence-corrected chi connectivity index (χ3v) is 6.42. The minimum absolute atomic E-state index is 0.0273. The molecule has 1 saturated carbocycles. The maximum Gasteiger partial charge on any atom is 0.410 e. The molecule has 0 bridgehead atoms. The normalized spacial score (nSPS) is 26.1. The lowest BCUT2D eigenvalue weighted by atomic mass is 9.70. The molecule has 0 spiro atoms. The Bertz CT molecular complexity index is 547. The summed E-state index contributed by atoms with van der Waals surface area (Å²) >= 11 is 0. The van der Waals surface area contributed by atoms with Gasteiger partial charge in [0.05, 0.1) is 13.0 Å². The number of nitrogens with zero attached hydrogens (tertiary/aromatic N) is 2. The molecule has 3 aliphatic rings. The summed E-state index contributed by atoms with van der Waals surface area (Å²) in [5.41, 5.74) is -0.410. The van der Waals surface area contributed by atoms with E-state index in [-0.39, 0.29) is 17.6 Å². The molecule has 3 fully saturated rings. The van der Waals surface area contributed by atoms with Gasteiger partial charge < -0.3 is 14.4 Å². The molecular formula is C21H36N2O4. The van der Waals surface area contributed by atoms with Crippen molar-refractivity contribution in [3.63, 3.8) is 0 Å². The molecule has 1 amide bonds. The maximum absolute atomic E-state index is 12.2. The van der Waals surface area contributed by atoms with Crippen molar-refractivity contribution >= 4 is 12.1 Å². The zero-order valence-electron chi connectivity index (χ0n) is 17.5. The van der Waals surface area contributed by atoms with E-state index in [4.69, 9.17) is 9.47 Å². The van der Waals surface area contributed by atoms with Crippen molar-refractivity contribution < 1.29 is 19.1 Å². The van der Waals surface area contributed by atoms with E-state index in [1.54, 1.807) is 0 Å². The van der Waals surface area contributed by atoms with Gasteiger partial charge in [-0.25, -0.2) is 4.79 Å². The molecule has 0 aromatic heterocycles.